The van der Waals surface area contributed by atoms with E-state index in [0.29, 0.717) is 22.7 Å². The number of hydrogen-bond acceptors (Lipinski definition) is 4. The summed E-state index contributed by atoms with van der Waals surface area (Å²) in [5, 5.41) is 0.831. The molecule has 0 spiro atoms. The van der Waals surface area contributed by atoms with Crippen molar-refractivity contribution < 1.29 is 13.2 Å². The number of nitrogens with zero attached hydrogens (tertiary/aromatic N) is 2. The Morgan fingerprint density at radius 3 is 2.12 bits per heavy atom. The van der Waals surface area contributed by atoms with Gasteiger partial charge in [0.15, 0.2) is 0 Å². The first kappa shape index (κ1) is 22.5. The van der Waals surface area contributed by atoms with Crippen LogP contribution >= 0.6 is 23.6 Å². The molecule has 0 unspecified atom stereocenters. The van der Waals surface area contributed by atoms with E-state index in [2.05, 4.69) is 0 Å². The van der Waals surface area contributed by atoms with E-state index in [1.165, 1.54) is 3.97 Å². The molecule has 0 amide bonds. The standard InChI is InChI=1S/C24H22Cl2N2O3S/c1-16(2)23-15-27(32(29,30)21-11-4-17(3)5-12-21)24-13-10-20(14-22(23)24)31-19-8-6-18(7-9-19)28(25)26/h4-16H,1-3H3. The highest BCUT2D eigenvalue weighted by Gasteiger charge is 2.22. The van der Waals surface area contributed by atoms with Crippen LogP contribution in [0.1, 0.15) is 30.9 Å². The molecule has 8 heteroatoms. The average Bonchev–Trinajstić information content (AvgIpc) is 3.14. The molecule has 32 heavy (non-hydrogen) atoms. The second-order valence-electron chi connectivity index (χ2n) is 7.86. The highest BCUT2D eigenvalue weighted by molar-refractivity contribution is 7.90. The van der Waals surface area contributed by atoms with Crippen LogP contribution in [0.3, 0.4) is 0 Å². The molecule has 0 aliphatic rings. The predicted molar refractivity (Wildman–Crippen MR) is 130 cm³/mol. The van der Waals surface area contributed by atoms with Gasteiger partial charge in [0.2, 0.25) is 0 Å². The van der Waals surface area contributed by atoms with Crippen molar-refractivity contribution in [2.24, 2.45) is 0 Å². The molecule has 4 rings (SSSR count). The van der Waals surface area contributed by atoms with Gasteiger partial charge in [0.05, 0.1) is 16.1 Å². The molecule has 0 aliphatic heterocycles. The molecule has 0 radical (unpaired) electrons. The summed E-state index contributed by atoms with van der Waals surface area (Å²) in [5.41, 5.74) is 3.16. The van der Waals surface area contributed by atoms with Gasteiger partial charge in [0, 0.05) is 35.1 Å². The Kier molecular flexibility index (Phi) is 6.12. The number of benzene rings is 3. The van der Waals surface area contributed by atoms with Crippen molar-refractivity contribution in [2.75, 3.05) is 3.94 Å². The summed E-state index contributed by atoms with van der Waals surface area (Å²) < 4.78 is 35.0. The lowest BCUT2D eigenvalue weighted by molar-refractivity contribution is 0.483. The van der Waals surface area contributed by atoms with Gasteiger partial charge >= 0.3 is 0 Å². The fraction of sp³-hybridized carbons (Fsp3) is 0.167. The third kappa shape index (κ3) is 4.31. The highest BCUT2D eigenvalue weighted by atomic mass is 35.5. The minimum absolute atomic E-state index is 0.125. The van der Waals surface area contributed by atoms with Gasteiger partial charge in [-0.15, -0.1) is 0 Å². The van der Waals surface area contributed by atoms with Crippen molar-refractivity contribution in [1.29, 1.82) is 0 Å². The Bertz CT molecular complexity index is 1360. The second-order valence-corrected chi connectivity index (χ2v) is 10.5. The zero-order chi connectivity index (χ0) is 23.0. The van der Waals surface area contributed by atoms with E-state index in [1.807, 2.05) is 26.8 Å². The van der Waals surface area contributed by atoms with Crippen LogP contribution in [-0.4, -0.2) is 12.4 Å². The van der Waals surface area contributed by atoms with Gasteiger partial charge in [-0.25, -0.2) is 12.4 Å². The van der Waals surface area contributed by atoms with Crippen LogP contribution in [0.4, 0.5) is 5.69 Å². The SMILES string of the molecule is Cc1ccc(S(=O)(=O)n2cc(C(C)C)c3cc(Oc4ccc(N(Cl)Cl)cc4)ccc32)cc1. The minimum Gasteiger partial charge on any atom is -0.457 e. The van der Waals surface area contributed by atoms with Crippen molar-refractivity contribution in [3.63, 3.8) is 0 Å². The van der Waals surface area contributed by atoms with Gasteiger partial charge in [0.1, 0.15) is 11.5 Å². The number of halogens is 2. The van der Waals surface area contributed by atoms with E-state index in [9.17, 15) is 8.42 Å². The van der Waals surface area contributed by atoms with Crippen molar-refractivity contribution in [3.8, 4) is 11.5 Å². The number of rotatable bonds is 6. The summed E-state index contributed by atoms with van der Waals surface area (Å²) in [6.07, 6.45) is 1.71. The first-order valence-corrected chi connectivity index (χ1v) is 12.2. The molecule has 5 nitrogen and oxygen atoms in total. The van der Waals surface area contributed by atoms with Crippen molar-refractivity contribution >= 4 is 50.2 Å². The van der Waals surface area contributed by atoms with E-state index in [-0.39, 0.29) is 10.8 Å². The number of hydrogen-bond donors (Lipinski definition) is 0. The molecule has 1 aromatic heterocycles. The van der Waals surface area contributed by atoms with Gasteiger partial charge in [-0.2, -0.15) is 3.94 Å². The molecule has 1 heterocycles. The maximum atomic E-state index is 13.4. The van der Waals surface area contributed by atoms with Crippen LogP contribution in [0.2, 0.25) is 0 Å². The van der Waals surface area contributed by atoms with Crippen LogP contribution in [0, 0.1) is 6.92 Å². The van der Waals surface area contributed by atoms with Crippen molar-refractivity contribution in [3.05, 3.63) is 84.1 Å². The number of ether oxygens (including phenoxy) is 1. The number of anilines is 1. The number of fused-ring (bicyclic) bond motifs is 1. The monoisotopic (exact) mass is 488 g/mol. The lowest BCUT2D eigenvalue weighted by atomic mass is 10.0. The second kappa shape index (κ2) is 8.70. The van der Waals surface area contributed by atoms with Gasteiger partial charge in [-0.1, -0.05) is 31.5 Å². The van der Waals surface area contributed by atoms with Crippen LogP contribution in [0.15, 0.2) is 77.8 Å². The van der Waals surface area contributed by atoms with Gasteiger partial charge < -0.3 is 4.74 Å². The molecule has 0 N–H and O–H groups in total. The van der Waals surface area contributed by atoms with Gasteiger partial charge in [-0.05, 0) is 73.0 Å². The molecule has 0 saturated carbocycles. The van der Waals surface area contributed by atoms with E-state index in [4.69, 9.17) is 28.3 Å². The third-order valence-electron chi connectivity index (χ3n) is 5.24. The molecule has 3 aromatic carbocycles. The summed E-state index contributed by atoms with van der Waals surface area (Å²) >= 11 is 11.5. The van der Waals surface area contributed by atoms with E-state index in [1.54, 1.807) is 66.9 Å². The van der Waals surface area contributed by atoms with Crippen LogP contribution in [0.25, 0.3) is 10.9 Å². The highest BCUT2D eigenvalue weighted by Crippen LogP contribution is 2.35. The maximum Gasteiger partial charge on any atom is 0.268 e. The predicted octanol–water partition coefficient (Wildman–Crippen LogP) is 7.22. The molecule has 0 fully saturated rings. The normalized spacial score (nSPS) is 11.8. The van der Waals surface area contributed by atoms with Crippen LogP contribution in [-0.2, 0) is 10.0 Å². The molecule has 0 bridgehead atoms. The Labute approximate surface area is 198 Å². The summed E-state index contributed by atoms with van der Waals surface area (Å²) in [5.74, 6) is 1.34. The molecular formula is C24H22Cl2N2O3S. The maximum absolute atomic E-state index is 13.4. The Hall–Kier alpha value is -2.67. The average molecular weight is 489 g/mol. The molecular weight excluding hydrogens is 467 g/mol. The number of aryl methyl sites for hydroxylation is 1. The lowest BCUT2D eigenvalue weighted by Crippen LogP contribution is -2.11. The van der Waals surface area contributed by atoms with E-state index >= 15 is 0 Å². The summed E-state index contributed by atoms with van der Waals surface area (Å²) in [6.45, 7) is 6.00. The van der Waals surface area contributed by atoms with Crippen molar-refractivity contribution in [1.82, 2.24) is 3.97 Å². The first-order chi connectivity index (χ1) is 15.2. The Morgan fingerprint density at radius 2 is 1.53 bits per heavy atom. The molecule has 0 atom stereocenters. The van der Waals surface area contributed by atoms with Crippen molar-refractivity contribution in [2.45, 2.75) is 31.6 Å². The summed E-state index contributed by atoms with van der Waals surface area (Å²) in [4.78, 5) is 0.253. The largest absolute Gasteiger partial charge is 0.457 e. The van der Waals surface area contributed by atoms with Crippen LogP contribution < -0.4 is 8.67 Å². The Balaban J connectivity index is 1.76. The first-order valence-electron chi connectivity index (χ1n) is 10.0. The van der Waals surface area contributed by atoms with E-state index < -0.39 is 10.0 Å². The zero-order valence-corrected chi connectivity index (χ0v) is 20.1. The topological polar surface area (TPSA) is 51.5 Å². The Morgan fingerprint density at radius 1 is 0.906 bits per heavy atom. The minimum atomic E-state index is -3.73. The number of aromatic nitrogens is 1. The van der Waals surface area contributed by atoms with Crippen LogP contribution in [0.5, 0.6) is 11.5 Å². The zero-order valence-electron chi connectivity index (χ0n) is 17.8. The van der Waals surface area contributed by atoms with Gasteiger partial charge in [0.25, 0.3) is 10.0 Å². The summed E-state index contributed by atoms with van der Waals surface area (Å²) in [7, 11) is -3.73. The third-order valence-corrected chi connectivity index (χ3v) is 7.32. The quantitative estimate of drug-likeness (QED) is 0.269. The smallest absolute Gasteiger partial charge is 0.268 e. The summed E-state index contributed by atoms with van der Waals surface area (Å²) in [6, 6.07) is 19.3. The lowest BCUT2D eigenvalue weighted by Gasteiger charge is -2.10. The molecule has 4 aromatic rings. The molecule has 166 valence electrons. The molecule has 0 saturated heterocycles. The fourth-order valence-corrected chi connectivity index (χ4v) is 5.12. The molecule has 0 aliphatic carbocycles. The van der Waals surface area contributed by atoms with Gasteiger partial charge in [-0.3, -0.25) is 0 Å². The van der Waals surface area contributed by atoms with E-state index in [0.717, 1.165) is 20.5 Å². The fourth-order valence-electron chi connectivity index (χ4n) is 3.51.